The van der Waals surface area contributed by atoms with Crippen LogP contribution in [-0.2, 0) is 14.2 Å². The average molecular weight is 269 g/mol. The van der Waals surface area contributed by atoms with E-state index in [2.05, 4.69) is 0 Å². The van der Waals surface area contributed by atoms with E-state index in [0.29, 0.717) is 13.2 Å². The highest BCUT2D eigenvalue weighted by molar-refractivity contribution is 5.70. The smallest absolute Gasteiger partial charge is 0.413 e. The molecule has 1 amide bonds. The second kappa shape index (κ2) is 4.80. The van der Waals surface area contributed by atoms with Crippen LogP contribution < -0.4 is 0 Å². The molecule has 19 heavy (non-hydrogen) atoms. The number of hydrogen-bond acceptors (Lipinski definition) is 4. The molecule has 0 N–H and O–H groups in total. The monoisotopic (exact) mass is 269 g/mol. The lowest BCUT2D eigenvalue weighted by molar-refractivity contribution is -0.0674. The Morgan fingerprint density at radius 2 is 2.11 bits per heavy atom. The molecule has 0 saturated carbocycles. The van der Waals surface area contributed by atoms with Gasteiger partial charge in [-0.1, -0.05) is 12.2 Å². The molecular weight excluding hydrogens is 246 g/mol. The Hall–Kier alpha value is -1.07. The highest BCUT2D eigenvalue weighted by Crippen LogP contribution is 2.32. The van der Waals surface area contributed by atoms with Crippen molar-refractivity contribution >= 4 is 6.09 Å². The molecule has 2 heterocycles. The Labute approximate surface area is 114 Å². The molecule has 0 aromatic rings. The fourth-order valence-corrected chi connectivity index (χ4v) is 2.39. The summed E-state index contributed by atoms with van der Waals surface area (Å²) in [7, 11) is 0. The number of rotatable bonds is 1. The van der Waals surface area contributed by atoms with Crippen LogP contribution in [0.4, 0.5) is 4.79 Å². The summed E-state index contributed by atoms with van der Waals surface area (Å²) in [5, 5.41) is 0. The van der Waals surface area contributed by atoms with Gasteiger partial charge in [0, 0.05) is 0 Å². The summed E-state index contributed by atoms with van der Waals surface area (Å²) in [6.45, 7) is 10.4. The van der Waals surface area contributed by atoms with Crippen molar-refractivity contribution in [3.63, 3.8) is 0 Å². The van der Waals surface area contributed by atoms with E-state index < -0.39 is 11.3 Å². The van der Waals surface area contributed by atoms with Gasteiger partial charge in [0.05, 0.1) is 25.4 Å². The summed E-state index contributed by atoms with van der Waals surface area (Å²) in [5.41, 5.74) is -1.19. The number of nitrogens with zero attached hydrogens (tertiary/aromatic N) is 1. The van der Waals surface area contributed by atoms with E-state index in [-0.39, 0.29) is 18.2 Å². The van der Waals surface area contributed by atoms with Crippen molar-refractivity contribution in [2.45, 2.75) is 58.1 Å². The first-order valence-electron chi connectivity index (χ1n) is 6.65. The minimum Gasteiger partial charge on any atom is -0.444 e. The molecule has 0 spiro atoms. The third-order valence-corrected chi connectivity index (χ3v) is 3.20. The summed E-state index contributed by atoms with van der Waals surface area (Å²) in [6.07, 6.45) is 3.47. The van der Waals surface area contributed by atoms with Crippen LogP contribution in [0.15, 0.2) is 12.2 Å². The van der Waals surface area contributed by atoms with Crippen LogP contribution in [0.3, 0.4) is 0 Å². The Bertz CT molecular complexity index is 383. The van der Waals surface area contributed by atoms with Crippen LogP contribution in [0.1, 0.15) is 34.6 Å². The van der Waals surface area contributed by atoms with Crippen molar-refractivity contribution < 1.29 is 19.0 Å². The summed E-state index contributed by atoms with van der Waals surface area (Å²) >= 11 is 0. The topological polar surface area (TPSA) is 48.0 Å². The van der Waals surface area contributed by atoms with Gasteiger partial charge >= 0.3 is 6.09 Å². The van der Waals surface area contributed by atoms with E-state index >= 15 is 0 Å². The molecule has 2 atom stereocenters. The first-order valence-corrected chi connectivity index (χ1v) is 6.65. The molecule has 1 saturated heterocycles. The molecule has 0 aliphatic carbocycles. The normalized spacial score (nSPS) is 29.8. The van der Waals surface area contributed by atoms with Crippen LogP contribution in [0.25, 0.3) is 0 Å². The zero-order chi connectivity index (χ0) is 14.3. The maximum absolute atomic E-state index is 12.4. The van der Waals surface area contributed by atoms with Crippen molar-refractivity contribution in [2.24, 2.45) is 0 Å². The van der Waals surface area contributed by atoms with Crippen LogP contribution in [-0.4, -0.2) is 47.7 Å². The van der Waals surface area contributed by atoms with Crippen LogP contribution in [0, 0.1) is 0 Å². The van der Waals surface area contributed by atoms with Gasteiger partial charge in [0.25, 0.3) is 0 Å². The van der Waals surface area contributed by atoms with E-state index in [0.717, 1.165) is 0 Å². The van der Waals surface area contributed by atoms with E-state index in [1.807, 2.05) is 46.8 Å². The van der Waals surface area contributed by atoms with Gasteiger partial charge < -0.3 is 14.2 Å². The van der Waals surface area contributed by atoms with Crippen LogP contribution in [0.2, 0.25) is 0 Å². The average Bonchev–Trinajstić information content (AvgIpc) is 2.81. The Morgan fingerprint density at radius 3 is 2.63 bits per heavy atom. The van der Waals surface area contributed by atoms with Gasteiger partial charge in [0.2, 0.25) is 0 Å². The maximum Gasteiger partial charge on any atom is 0.413 e. The maximum atomic E-state index is 12.4. The van der Waals surface area contributed by atoms with Crippen molar-refractivity contribution in [1.82, 2.24) is 4.90 Å². The fourth-order valence-electron chi connectivity index (χ4n) is 2.39. The number of amides is 1. The van der Waals surface area contributed by atoms with Crippen molar-refractivity contribution in [1.29, 1.82) is 0 Å². The molecule has 2 aliphatic rings. The molecule has 0 unspecified atom stereocenters. The fraction of sp³-hybridized carbons (Fsp3) is 0.786. The van der Waals surface area contributed by atoms with E-state index in [9.17, 15) is 4.79 Å². The molecule has 5 heteroatoms. The predicted molar refractivity (Wildman–Crippen MR) is 70.8 cm³/mol. The zero-order valence-corrected chi connectivity index (χ0v) is 12.3. The van der Waals surface area contributed by atoms with Crippen molar-refractivity contribution in [3.8, 4) is 0 Å². The zero-order valence-electron chi connectivity index (χ0n) is 12.3. The van der Waals surface area contributed by atoms with Crippen LogP contribution in [0.5, 0.6) is 0 Å². The van der Waals surface area contributed by atoms with Crippen molar-refractivity contribution in [2.75, 3.05) is 13.2 Å². The Kier molecular flexibility index (Phi) is 3.62. The lowest BCUT2D eigenvalue weighted by atomic mass is 10.1. The predicted octanol–water partition coefficient (Wildman–Crippen LogP) is 2.31. The molecule has 108 valence electrons. The van der Waals surface area contributed by atoms with Gasteiger partial charge in [0.1, 0.15) is 11.3 Å². The van der Waals surface area contributed by atoms with E-state index in [1.54, 1.807) is 4.90 Å². The van der Waals surface area contributed by atoms with E-state index in [4.69, 9.17) is 14.2 Å². The molecule has 0 bridgehead atoms. The molecule has 5 nitrogen and oxygen atoms in total. The lowest BCUT2D eigenvalue weighted by Crippen LogP contribution is -2.53. The van der Waals surface area contributed by atoms with Crippen LogP contribution >= 0.6 is 0 Å². The summed E-state index contributed by atoms with van der Waals surface area (Å²) in [4.78, 5) is 14.0. The first kappa shape index (κ1) is 14.3. The Balaban J connectivity index is 2.16. The number of carbonyl (C=O) groups is 1. The standard InChI is InChI=1S/C14H23NO4/c1-13(2,3)19-12(16)15-10(9-18-14(15,4)5)11-7-6-8-17-11/h6-7,10-11H,8-9H2,1-5H3/t10-,11-/m0/s1. The molecule has 2 rings (SSSR count). The number of carbonyl (C=O) groups excluding carboxylic acids is 1. The third-order valence-electron chi connectivity index (χ3n) is 3.20. The van der Waals surface area contributed by atoms with Gasteiger partial charge in [-0.15, -0.1) is 0 Å². The second-order valence-electron chi connectivity index (χ2n) is 6.40. The van der Waals surface area contributed by atoms with Gasteiger partial charge in [0.15, 0.2) is 0 Å². The van der Waals surface area contributed by atoms with Gasteiger partial charge in [-0.25, -0.2) is 4.79 Å². The lowest BCUT2D eigenvalue weighted by Gasteiger charge is -2.36. The molecule has 0 aromatic carbocycles. The number of ether oxygens (including phenoxy) is 3. The number of hydrogen-bond donors (Lipinski definition) is 0. The first-order chi connectivity index (χ1) is 8.71. The minimum atomic E-state index is -0.674. The molecular formula is C14H23NO4. The summed E-state index contributed by atoms with van der Waals surface area (Å²) < 4.78 is 16.8. The molecule has 2 aliphatic heterocycles. The molecule has 0 aromatic heterocycles. The van der Waals surface area contributed by atoms with E-state index in [1.165, 1.54) is 0 Å². The SMILES string of the molecule is CC(C)(C)OC(=O)N1[C@H]([C@@H]2C=CCO2)COC1(C)C. The molecule has 0 radical (unpaired) electrons. The highest BCUT2D eigenvalue weighted by Gasteiger charge is 2.48. The van der Waals surface area contributed by atoms with Gasteiger partial charge in [-0.05, 0) is 34.6 Å². The minimum absolute atomic E-state index is 0.116. The largest absolute Gasteiger partial charge is 0.444 e. The van der Waals surface area contributed by atoms with Crippen molar-refractivity contribution in [3.05, 3.63) is 12.2 Å². The van der Waals surface area contributed by atoms with Gasteiger partial charge in [-0.3, -0.25) is 4.90 Å². The van der Waals surface area contributed by atoms with Gasteiger partial charge in [-0.2, -0.15) is 0 Å². The summed E-state index contributed by atoms with van der Waals surface area (Å²) in [6, 6.07) is -0.136. The Morgan fingerprint density at radius 1 is 1.42 bits per heavy atom. The summed E-state index contributed by atoms with van der Waals surface area (Å²) in [5.74, 6) is 0. The third kappa shape index (κ3) is 3.09. The quantitative estimate of drug-likeness (QED) is 0.685. The highest BCUT2D eigenvalue weighted by atomic mass is 16.6. The second-order valence-corrected chi connectivity index (χ2v) is 6.40. The molecule has 1 fully saturated rings.